The largest absolute Gasteiger partial charge is 0.495 e. The maximum atomic E-state index is 13.3. The van der Waals surface area contributed by atoms with Gasteiger partial charge in [0.1, 0.15) is 11.5 Å². The van der Waals surface area contributed by atoms with Gasteiger partial charge < -0.3 is 4.74 Å². The molecule has 0 spiro atoms. The lowest BCUT2D eigenvalue weighted by atomic mass is 9.56. The van der Waals surface area contributed by atoms with Gasteiger partial charge in [-0.3, -0.25) is 14.4 Å². The van der Waals surface area contributed by atoms with Gasteiger partial charge in [0.15, 0.2) is 0 Å². The molecule has 2 fully saturated rings. The van der Waals surface area contributed by atoms with Crippen molar-refractivity contribution in [2.75, 3.05) is 12.0 Å². The van der Waals surface area contributed by atoms with Crippen molar-refractivity contribution in [1.82, 2.24) is 0 Å². The molecule has 5 nitrogen and oxygen atoms in total. The molecule has 0 radical (unpaired) electrons. The van der Waals surface area contributed by atoms with Crippen LogP contribution in [0.2, 0.25) is 0 Å². The van der Waals surface area contributed by atoms with E-state index in [1.165, 1.54) is 12.0 Å². The summed E-state index contributed by atoms with van der Waals surface area (Å²) in [6.45, 7) is 0. The Hall–Kier alpha value is -2.95. The van der Waals surface area contributed by atoms with Gasteiger partial charge in [-0.2, -0.15) is 0 Å². The molecule has 2 aromatic carbocycles. The SMILES string of the molecule is COc1ccccc1N1C(=O)[C@@H]2[C@@H](C1=O)[C@H]1C(=O)C[C@H]2c2ccccc21. The van der Waals surface area contributed by atoms with Crippen LogP contribution < -0.4 is 9.64 Å². The number of methoxy groups -OCH3 is 1. The van der Waals surface area contributed by atoms with E-state index in [-0.39, 0.29) is 23.5 Å². The van der Waals surface area contributed by atoms with Gasteiger partial charge in [0.05, 0.1) is 30.6 Å². The van der Waals surface area contributed by atoms with Crippen LogP contribution in [-0.2, 0) is 14.4 Å². The topological polar surface area (TPSA) is 63.7 Å². The highest BCUT2D eigenvalue weighted by molar-refractivity contribution is 6.25. The molecular formula is C21H17NO4. The summed E-state index contributed by atoms with van der Waals surface area (Å²) in [4.78, 5) is 40.4. The molecule has 4 atom stereocenters. The van der Waals surface area contributed by atoms with Crippen molar-refractivity contribution in [1.29, 1.82) is 0 Å². The van der Waals surface area contributed by atoms with Crippen molar-refractivity contribution in [2.24, 2.45) is 11.8 Å². The third-order valence-electron chi connectivity index (χ3n) is 6.02. The number of rotatable bonds is 2. The normalized spacial score (nSPS) is 29.0. The van der Waals surface area contributed by atoms with E-state index in [1.54, 1.807) is 24.3 Å². The molecular weight excluding hydrogens is 330 g/mol. The lowest BCUT2D eigenvalue weighted by Crippen LogP contribution is -2.44. The number of anilines is 1. The maximum Gasteiger partial charge on any atom is 0.238 e. The molecule has 3 aliphatic carbocycles. The van der Waals surface area contributed by atoms with Crippen molar-refractivity contribution < 1.29 is 19.1 Å². The highest BCUT2D eigenvalue weighted by Gasteiger charge is 2.62. The van der Waals surface area contributed by atoms with E-state index in [0.717, 1.165) is 11.1 Å². The van der Waals surface area contributed by atoms with Crippen LogP contribution in [0, 0.1) is 11.8 Å². The average molecular weight is 347 g/mol. The Morgan fingerprint density at radius 1 is 0.885 bits per heavy atom. The standard InChI is InChI=1S/C21H17NO4/c1-26-16-9-5-4-8-14(16)22-20(24)18-13-10-15(23)17(19(18)21(22)25)12-7-3-2-6-11(12)13/h2-9,13,17-19H,10H2,1H3/t13-,17+,18-,19-/m0/s1. The second-order valence-corrected chi connectivity index (χ2v) is 7.12. The number of fused-ring (bicyclic) bond motifs is 1. The van der Waals surface area contributed by atoms with Gasteiger partial charge in [-0.25, -0.2) is 4.90 Å². The zero-order chi connectivity index (χ0) is 18.0. The predicted molar refractivity (Wildman–Crippen MR) is 94.0 cm³/mol. The van der Waals surface area contributed by atoms with Crippen molar-refractivity contribution in [3.05, 3.63) is 59.7 Å². The quantitative estimate of drug-likeness (QED) is 0.784. The van der Waals surface area contributed by atoms with E-state index in [0.29, 0.717) is 17.9 Å². The molecule has 1 heterocycles. The fraction of sp³-hybridized carbons (Fsp3) is 0.286. The van der Waals surface area contributed by atoms with Gasteiger partial charge >= 0.3 is 0 Å². The smallest absolute Gasteiger partial charge is 0.238 e. The van der Waals surface area contributed by atoms with Gasteiger partial charge in [-0.15, -0.1) is 0 Å². The summed E-state index contributed by atoms with van der Waals surface area (Å²) < 4.78 is 5.35. The first-order chi connectivity index (χ1) is 12.6. The third kappa shape index (κ3) is 1.77. The van der Waals surface area contributed by atoms with Crippen LogP contribution in [0.5, 0.6) is 5.75 Å². The first-order valence-corrected chi connectivity index (χ1v) is 8.76. The molecule has 1 aliphatic heterocycles. The Morgan fingerprint density at radius 2 is 1.54 bits per heavy atom. The first kappa shape index (κ1) is 15.3. The van der Waals surface area contributed by atoms with Crippen LogP contribution in [0.1, 0.15) is 29.4 Å². The predicted octanol–water partition coefficient (Wildman–Crippen LogP) is 2.65. The van der Waals surface area contributed by atoms with Crippen LogP contribution >= 0.6 is 0 Å². The molecule has 2 amide bonds. The fourth-order valence-corrected chi connectivity index (χ4v) is 5.01. The van der Waals surface area contributed by atoms with Gasteiger partial charge in [-0.05, 0) is 23.3 Å². The van der Waals surface area contributed by atoms with Crippen molar-refractivity contribution in [3.8, 4) is 5.75 Å². The molecule has 1 saturated carbocycles. The molecule has 26 heavy (non-hydrogen) atoms. The summed E-state index contributed by atoms with van der Waals surface area (Å²) in [5, 5.41) is 0. The number of ether oxygens (including phenoxy) is 1. The number of carbonyl (C=O) groups excluding carboxylic acids is 3. The van der Waals surface area contributed by atoms with Crippen LogP contribution in [0.4, 0.5) is 5.69 Å². The molecule has 4 aliphatic rings. The molecule has 1 saturated heterocycles. The highest BCUT2D eigenvalue weighted by Crippen LogP contribution is 2.58. The van der Waals surface area contributed by atoms with E-state index in [4.69, 9.17) is 4.74 Å². The Bertz CT molecular complexity index is 966. The van der Waals surface area contributed by atoms with Gasteiger partial charge in [-0.1, -0.05) is 36.4 Å². The molecule has 0 aromatic heterocycles. The number of Topliss-reactive ketones (excluding diaryl/α,β-unsaturated/α-hetero) is 1. The average Bonchev–Trinajstić information content (AvgIpc) is 2.93. The van der Waals surface area contributed by atoms with Crippen LogP contribution in [0.3, 0.4) is 0 Å². The monoisotopic (exact) mass is 347 g/mol. The fourth-order valence-electron chi connectivity index (χ4n) is 5.01. The number of benzene rings is 2. The van der Waals surface area contributed by atoms with E-state index in [1.807, 2.05) is 24.3 Å². The Morgan fingerprint density at radius 3 is 2.31 bits per heavy atom. The number of para-hydroxylation sites is 2. The van der Waals surface area contributed by atoms with E-state index < -0.39 is 17.8 Å². The number of hydrogen-bond acceptors (Lipinski definition) is 4. The minimum absolute atomic E-state index is 0.0676. The van der Waals surface area contributed by atoms with Crippen LogP contribution in [0.25, 0.3) is 0 Å². The van der Waals surface area contributed by atoms with Crippen LogP contribution in [0.15, 0.2) is 48.5 Å². The summed E-state index contributed by atoms with van der Waals surface area (Å²) in [7, 11) is 1.51. The highest BCUT2D eigenvalue weighted by atomic mass is 16.5. The number of carbonyl (C=O) groups is 3. The molecule has 2 aromatic rings. The molecule has 2 bridgehead atoms. The lowest BCUT2D eigenvalue weighted by Gasteiger charge is -2.43. The van der Waals surface area contributed by atoms with Crippen LogP contribution in [-0.4, -0.2) is 24.7 Å². The zero-order valence-electron chi connectivity index (χ0n) is 14.2. The molecule has 6 rings (SSSR count). The Kier molecular flexibility index (Phi) is 3.11. The molecule has 0 N–H and O–H groups in total. The van der Waals surface area contributed by atoms with E-state index in [9.17, 15) is 14.4 Å². The number of amides is 2. The molecule has 0 unspecified atom stereocenters. The van der Waals surface area contributed by atoms with Crippen molar-refractivity contribution >= 4 is 23.3 Å². The summed E-state index contributed by atoms with van der Waals surface area (Å²) in [6, 6.07) is 14.7. The second-order valence-electron chi connectivity index (χ2n) is 7.12. The molecule has 130 valence electrons. The van der Waals surface area contributed by atoms with Gasteiger partial charge in [0.25, 0.3) is 0 Å². The third-order valence-corrected chi connectivity index (χ3v) is 6.02. The summed E-state index contributed by atoms with van der Waals surface area (Å²) in [5.74, 6) is -1.77. The summed E-state index contributed by atoms with van der Waals surface area (Å²) in [5.41, 5.74) is 2.41. The summed E-state index contributed by atoms with van der Waals surface area (Å²) >= 11 is 0. The Balaban J connectivity index is 1.67. The number of nitrogens with zero attached hydrogens (tertiary/aromatic N) is 1. The Labute approximate surface area is 150 Å². The first-order valence-electron chi connectivity index (χ1n) is 8.76. The van der Waals surface area contributed by atoms with E-state index in [2.05, 4.69) is 0 Å². The maximum absolute atomic E-state index is 13.3. The molecule has 5 heteroatoms. The summed E-state index contributed by atoms with van der Waals surface area (Å²) in [6.07, 6.45) is 0.335. The van der Waals surface area contributed by atoms with Crippen molar-refractivity contribution in [3.63, 3.8) is 0 Å². The van der Waals surface area contributed by atoms with Gasteiger partial charge in [0, 0.05) is 12.3 Å². The minimum Gasteiger partial charge on any atom is -0.495 e. The zero-order valence-corrected chi connectivity index (χ0v) is 14.2. The second kappa shape index (κ2) is 5.27. The lowest BCUT2D eigenvalue weighted by molar-refractivity contribution is -0.134. The van der Waals surface area contributed by atoms with E-state index >= 15 is 0 Å². The number of hydrogen-bond donors (Lipinski definition) is 0. The minimum atomic E-state index is -0.603. The van der Waals surface area contributed by atoms with Crippen molar-refractivity contribution in [2.45, 2.75) is 18.3 Å². The van der Waals surface area contributed by atoms with Gasteiger partial charge in [0.2, 0.25) is 11.8 Å². The number of ketones is 1. The number of imide groups is 1.